The largest absolute Gasteiger partial charge is 0.351 e. The van der Waals surface area contributed by atoms with Crippen molar-refractivity contribution in [3.8, 4) is 0 Å². The first-order chi connectivity index (χ1) is 5.09. The molecule has 0 heterocycles. The number of hydrogen-bond acceptors (Lipinski definition) is 1. The molecule has 0 saturated heterocycles. The molecule has 0 atom stereocenters. The summed E-state index contributed by atoms with van der Waals surface area (Å²) in [5.41, 5.74) is 5.14. The summed E-state index contributed by atoms with van der Waals surface area (Å²) in [6.45, 7) is 8.32. The highest BCUT2D eigenvalue weighted by Crippen LogP contribution is 2.00. The molecule has 2 amide bonds. The molecule has 0 bridgehead atoms. The lowest BCUT2D eigenvalue weighted by Crippen LogP contribution is -2.41. The zero-order valence-corrected chi connectivity index (χ0v) is 7.34. The van der Waals surface area contributed by atoms with Gasteiger partial charge in [0.05, 0.1) is 0 Å². The molecule has 3 heteroatoms. The van der Waals surface area contributed by atoms with Crippen molar-refractivity contribution < 1.29 is 4.79 Å². The maximum atomic E-state index is 10.8. The van der Waals surface area contributed by atoms with Crippen molar-refractivity contribution in [3.05, 3.63) is 6.92 Å². The molecule has 0 aliphatic heterocycles. The van der Waals surface area contributed by atoms with Crippen LogP contribution in [-0.4, -0.2) is 23.5 Å². The molecule has 2 N–H and O–H groups in total. The van der Waals surface area contributed by atoms with Crippen LogP contribution in [0.15, 0.2) is 0 Å². The van der Waals surface area contributed by atoms with Gasteiger partial charge in [-0.05, 0) is 20.3 Å². The fraction of sp³-hybridized carbons (Fsp3) is 0.750. The highest BCUT2D eigenvalue weighted by atomic mass is 16.2. The minimum atomic E-state index is -0.339. The number of amides is 2. The molecule has 0 rings (SSSR count). The molecule has 0 unspecified atom stereocenters. The third-order valence-corrected chi connectivity index (χ3v) is 1.56. The molecular weight excluding hydrogens is 140 g/mol. The summed E-state index contributed by atoms with van der Waals surface area (Å²) in [5.74, 6) is 0. The van der Waals surface area contributed by atoms with Crippen LogP contribution in [0.5, 0.6) is 0 Å². The topological polar surface area (TPSA) is 46.3 Å². The van der Waals surface area contributed by atoms with Gasteiger partial charge in [-0.25, -0.2) is 4.79 Å². The summed E-state index contributed by atoms with van der Waals surface area (Å²) >= 11 is 0. The lowest BCUT2D eigenvalue weighted by Gasteiger charge is -2.24. The first-order valence-electron chi connectivity index (χ1n) is 3.95. The average molecular weight is 157 g/mol. The predicted molar refractivity (Wildman–Crippen MR) is 46.0 cm³/mol. The van der Waals surface area contributed by atoms with E-state index in [1.807, 2.05) is 13.8 Å². The zero-order chi connectivity index (χ0) is 8.85. The average Bonchev–Trinajstić information content (AvgIpc) is 1.87. The van der Waals surface area contributed by atoms with Crippen molar-refractivity contribution in [2.75, 3.05) is 6.54 Å². The minimum absolute atomic E-state index is 0.194. The van der Waals surface area contributed by atoms with E-state index in [9.17, 15) is 4.79 Å². The third-order valence-electron chi connectivity index (χ3n) is 1.56. The van der Waals surface area contributed by atoms with E-state index in [1.165, 1.54) is 0 Å². The van der Waals surface area contributed by atoms with Crippen molar-refractivity contribution >= 4 is 6.03 Å². The second kappa shape index (κ2) is 4.99. The molecule has 0 fully saturated rings. The van der Waals surface area contributed by atoms with Gasteiger partial charge >= 0.3 is 6.03 Å². The number of primary amides is 1. The lowest BCUT2D eigenvalue weighted by atomic mass is 10.2. The van der Waals surface area contributed by atoms with Gasteiger partial charge in [0.2, 0.25) is 0 Å². The summed E-state index contributed by atoms with van der Waals surface area (Å²) in [6.07, 6.45) is 1.76. The number of carbonyl (C=O) groups is 1. The maximum Gasteiger partial charge on any atom is 0.315 e. The van der Waals surface area contributed by atoms with E-state index in [1.54, 1.807) is 4.90 Å². The number of nitrogens with zero attached hydrogens (tertiary/aromatic N) is 1. The standard InChI is InChI=1S/C8H17N2O/c1-4-5-6-10(7(2)3)8(9)11/h7H,1,4-6H2,2-3H3,(H2,9,11). The van der Waals surface area contributed by atoms with Gasteiger partial charge < -0.3 is 10.6 Å². The molecule has 0 aliphatic carbocycles. The van der Waals surface area contributed by atoms with Gasteiger partial charge in [-0.15, -0.1) is 0 Å². The fourth-order valence-electron chi connectivity index (χ4n) is 0.905. The van der Waals surface area contributed by atoms with Gasteiger partial charge in [0, 0.05) is 12.6 Å². The van der Waals surface area contributed by atoms with Crippen molar-refractivity contribution in [1.29, 1.82) is 0 Å². The molecule has 65 valence electrons. The van der Waals surface area contributed by atoms with E-state index in [0.29, 0.717) is 0 Å². The second-order valence-corrected chi connectivity index (χ2v) is 2.83. The van der Waals surface area contributed by atoms with Crippen LogP contribution in [0, 0.1) is 6.92 Å². The van der Waals surface area contributed by atoms with Crippen LogP contribution >= 0.6 is 0 Å². The molecule has 0 spiro atoms. The Bertz CT molecular complexity index is 123. The normalized spacial score (nSPS) is 10.2. The Morgan fingerprint density at radius 1 is 1.64 bits per heavy atom. The molecule has 0 aromatic rings. The highest BCUT2D eigenvalue weighted by molar-refractivity contribution is 5.72. The molecule has 0 aliphatic rings. The Morgan fingerprint density at radius 2 is 2.18 bits per heavy atom. The Morgan fingerprint density at radius 3 is 2.45 bits per heavy atom. The lowest BCUT2D eigenvalue weighted by molar-refractivity contribution is 0.192. The first-order valence-corrected chi connectivity index (χ1v) is 3.95. The molecule has 0 saturated carbocycles. The predicted octanol–water partition coefficient (Wildman–Crippen LogP) is 1.39. The van der Waals surface area contributed by atoms with Crippen LogP contribution < -0.4 is 5.73 Å². The Labute approximate surface area is 68.6 Å². The van der Waals surface area contributed by atoms with E-state index in [4.69, 9.17) is 5.73 Å². The van der Waals surface area contributed by atoms with Crippen LogP contribution in [-0.2, 0) is 0 Å². The maximum absolute atomic E-state index is 10.8. The molecule has 0 aromatic carbocycles. The summed E-state index contributed by atoms with van der Waals surface area (Å²) < 4.78 is 0. The van der Waals surface area contributed by atoms with Gasteiger partial charge in [-0.3, -0.25) is 0 Å². The summed E-state index contributed by atoms with van der Waals surface area (Å²) in [4.78, 5) is 12.4. The van der Waals surface area contributed by atoms with Crippen molar-refractivity contribution in [2.24, 2.45) is 5.73 Å². The molecule has 11 heavy (non-hydrogen) atoms. The van der Waals surface area contributed by atoms with E-state index < -0.39 is 0 Å². The van der Waals surface area contributed by atoms with Crippen molar-refractivity contribution in [1.82, 2.24) is 4.90 Å². The monoisotopic (exact) mass is 157 g/mol. The van der Waals surface area contributed by atoms with Gasteiger partial charge in [-0.2, -0.15) is 0 Å². The van der Waals surface area contributed by atoms with Crippen LogP contribution in [0.25, 0.3) is 0 Å². The van der Waals surface area contributed by atoms with Crippen LogP contribution in [0.2, 0.25) is 0 Å². The number of carbonyl (C=O) groups excluding carboxylic acids is 1. The molecular formula is C8H17N2O. The number of hydrogen-bond donors (Lipinski definition) is 1. The highest BCUT2D eigenvalue weighted by Gasteiger charge is 2.11. The van der Waals surface area contributed by atoms with Crippen LogP contribution in [0.4, 0.5) is 4.79 Å². The van der Waals surface area contributed by atoms with E-state index in [-0.39, 0.29) is 12.1 Å². The smallest absolute Gasteiger partial charge is 0.315 e. The zero-order valence-electron chi connectivity index (χ0n) is 7.34. The Hall–Kier alpha value is -0.730. The Kier molecular flexibility index (Phi) is 4.66. The summed E-state index contributed by atoms with van der Waals surface area (Å²) in [6, 6.07) is -0.146. The van der Waals surface area contributed by atoms with Crippen molar-refractivity contribution in [3.63, 3.8) is 0 Å². The minimum Gasteiger partial charge on any atom is -0.351 e. The quantitative estimate of drug-likeness (QED) is 0.658. The summed E-state index contributed by atoms with van der Waals surface area (Å²) in [7, 11) is 0. The first kappa shape index (κ1) is 10.3. The molecule has 3 nitrogen and oxygen atoms in total. The van der Waals surface area contributed by atoms with E-state index >= 15 is 0 Å². The second-order valence-electron chi connectivity index (χ2n) is 2.83. The van der Waals surface area contributed by atoms with E-state index in [0.717, 1.165) is 19.4 Å². The fourth-order valence-corrected chi connectivity index (χ4v) is 0.905. The Balaban J connectivity index is 3.80. The third kappa shape index (κ3) is 3.86. The summed E-state index contributed by atoms with van der Waals surface area (Å²) in [5, 5.41) is 0. The van der Waals surface area contributed by atoms with Crippen molar-refractivity contribution in [2.45, 2.75) is 32.7 Å². The number of nitrogens with two attached hydrogens (primary N) is 1. The number of rotatable bonds is 4. The SMILES string of the molecule is [CH2]CCCN(C(N)=O)C(C)C. The molecule has 1 radical (unpaired) electrons. The van der Waals surface area contributed by atoms with Gasteiger partial charge in [0.1, 0.15) is 0 Å². The van der Waals surface area contributed by atoms with E-state index in [2.05, 4.69) is 6.92 Å². The van der Waals surface area contributed by atoms with Crippen LogP contribution in [0.1, 0.15) is 26.7 Å². The van der Waals surface area contributed by atoms with Crippen LogP contribution in [0.3, 0.4) is 0 Å². The van der Waals surface area contributed by atoms with Gasteiger partial charge in [0.25, 0.3) is 0 Å². The number of urea groups is 1. The molecule has 0 aromatic heterocycles. The number of unbranched alkanes of at least 4 members (excludes halogenated alkanes) is 1. The van der Waals surface area contributed by atoms with Gasteiger partial charge in [-0.1, -0.05) is 13.3 Å². The van der Waals surface area contributed by atoms with Gasteiger partial charge in [0.15, 0.2) is 0 Å².